The van der Waals surface area contributed by atoms with E-state index in [1.807, 2.05) is 0 Å². The van der Waals surface area contributed by atoms with Gasteiger partial charge >= 0.3 is 0 Å². The van der Waals surface area contributed by atoms with E-state index < -0.39 is 6.10 Å². The third-order valence-corrected chi connectivity index (χ3v) is 3.20. The Kier molecular flexibility index (Phi) is 3.83. The van der Waals surface area contributed by atoms with Crippen molar-refractivity contribution in [3.63, 3.8) is 0 Å². The molecule has 1 aromatic carbocycles. The average Bonchev–Trinajstić information content (AvgIpc) is 3.15. The molecule has 1 aliphatic carbocycles. The number of anilines is 1. The topological polar surface area (TPSA) is 47.3 Å². The fourth-order valence-electron chi connectivity index (χ4n) is 2.18. The van der Waals surface area contributed by atoms with Crippen molar-refractivity contribution >= 4 is 5.69 Å². The number of benzene rings is 1. The highest BCUT2D eigenvalue weighted by molar-refractivity contribution is 5.56. The molecule has 0 heterocycles. The molecule has 0 radical (unpaired) electrons. The average molecular weight is 248 g/mol. The van der Waals surface area contributed by atoms with Gasteiger partial charge in [-0.1, -0.05) is 0 Å². The van der Waals surface area contributed by atoms with Crippen LogP contribution in [-0.4, -0.2) is 17.7 Å². The Balaban J connectivity index is 2.31. The molecule has 0 amide bonds. The van der Waals surface area contributed by atoms with Crippen LogP contribution in [0.3, 0.4) is 0 Å². The first-order valence-corrected chi connectivity index (χ1v) is 6.24. The Hall–Kier alpha value is -1.60. The van der Waals surface area contributed by atoms with Gasteiger partial charge in [-0.05, 0) is 38.0 Å². The van der Waals surface area contributed by atoms with Crippen molar-refractivity contribution in [1.82, 2.24) is 0 Å². The van der Waals surface area contributed by atoms with Crippen LogP contribution in [0.5, 0.6) is 0 Å². The van der Waals surface area contributed by atoms with E-state index in [0.717, 1.165) is 18.5 Å². The van der Waals surface area contributed by atoms with Crippen LogP contribution in [0.4, 0.5) is 10.1 Å². The van der Waals surface area contributed by atoms with Gasteiger partial charge < -0.3 is 10.0 Å². The summed E-state index contributed by atoms with van der Waals surface area (Å²) in [5, 5.41) is 18.4. The number of nitrogens with zero attached hydrogens (tertiary/aromatic N) is 2. The number of hydrogen-bond acceptors (Lipinski definition) is 3. The molecular formula is C14H17FN2O. The highest BCUT2D eigenvalue weighted by Gasteiger charge is 2.30. The summed E-state index contributed by atoms with van der Waals surface area (Å²) in [6.45, 7) is 2.26. The smallest absolute Gasteiger partial charge is 0.123 e. The lowest BCUT2D eigenvalue weighted by atomic mass is 10.1. The summed E-state index contributed by atoms with van der Waals surface area (Å²) in [5.74, 6) is -0.342. The van der Waals surface area contributed by atoms with E-state index in [2.05, 4.69) is 11.0 Å². The lowest BCUT2D eigenvalue weighted by molar-refractivity contribution is 0.199. The summed E-state index contributed by atoms with van der Waals surface area (Å²) >= 11 is 0. The maximum Gasteiger partial charge on any atom is 0.123 e. The van der Waals surface area contributed by atoms with Crippen LogP contribution in [0.15, 0.2) is 18.2 Å². The van der Waals surface area contributed by atoms with Gasteiger partial charge in [0.2, 0.25) is 0 Å². The Bertz CT molecular complexity index is 463. The highest BCUT2D eigenvalue weighted by Crippen LogP contribution is 2.36. The minimum Gasteiger partial charge on any atom is -0.389 e. The Morgan fingerprint density at radius 2 is 2.28 bits per heavy atom. The molecule has 3 nitrogen and oxygen atoms in total. The van der Waals surface area contributed by atoms with Crippen molar-refractivity contribution in [2.75, 3.05) is 11.4 Å². The van der Waals surface area contributed by atoms with Gasteiger partial charge in [-0.2, -0.15) is 5.26 Å². The number of aliphatic hydroxyl groups excluding tert-OH is 1. The molecule has 18 heavy (non-hydrogen) atoms. The van der Waals surface area contributed by atoms with Gasteiger partial charge in [-0.3, -0.25) is 0 Å². The predicted molar refractivity (Wildman–Crippen MR) is 67.6 cm³/mol. The van der Waals surface area contributed by atoms with Crippen molar-refractivity contribution in [1.29, 1.82) is 5.26 Å². The summed E-state index contributed by atoms with van der Waals surface area (Å²) < 4.78 is 13.3. The number of nitriles is 1. The molecule has 1 atom stereocenters. The van der Waals surface area contributed by atoms with Crippen LogP contribution in [0, 0.1) is 17.1 Å². The normalized spacial score (nSPS) is 16.1. The SMILES string of the molecule is CC(O)c1cc(F)ccc1N(CCC#N)C1CC1. The Labute approximate surface area is 106 Å². The van der Waals surface area contributed by atoms with E-state index in [9.17, 15) is 9.50 Å². The fourth-order valence-corrected chi connectivity index (χ4v) is 2.18. The minimum absolute atomic E-state index is 0.342. The van der Waals surface area contributed by atoms with Gasteiger partial charge in [0, 0.05) is 23.8 Å². The first-order chi connectivity index (χ1) is 8.63. The maximum atomic E-state index is 13.3. The molecule has 0 saturated heterocycles. The van der Waals surface area contributed by atoms with Gasteiger partial charge in [-0.25, -0.2) is 4.39 Å². The lowest BCUT2D eigenvalue weighted by Crippen LogP contribution is -2.28. The number of halogens is 1. The van der Waals surface area contributed by atoms with E-state index >= 15 is 0 Å². The molecule has 1 fully saturated rings. The van der Waals surface area contributed by atoms with E-state index in [1.165, 1.54) is 12.1 Å². The molecule has 4 heteroatoms. The molecule has 0 aromatic heterocycles. The van der Waals surface area contributed by atoms with E-state index in [-0.39, 0.29) is 5.82 Å². The Morgan fingerprint density at radius 3 is 2.83 bits per heavy atom. The molecule has 96 valence electrons. The van der Waals surface area contributed by atoms with Crippen molar-refractivity contribution in [3.8, 4) is 6.07 Å². The summed E-state index contributed by atoms with van der Waals surface area (Å²) in [4.78, 5) is 2.12. The zero-order chi connectivity index (χ0) is 13.1. The number of hydrogen-bond donors (Lipinski definition) is 1. The van der Waals surface area contributed by atoms with E-state index in [0.29, 0.717) is 24.6 Å². The molecule has 1 N–H and O–H groups in total. The lowest BCUT2D eigenvalue weighted by Gasteiger charge is -2.27. The second kappa shape index (κ2) is 5.36. The van der Waals surface area contributed by atoms with Gasteiger partial charge in [0.15, 0.2) is 0 Å². The summed E-state index contributed by atoms with van der Waals surface area (Å²) in [7, 11) is 0. The zero-order valence-electron chi connectivity index (χ0n) is 10.4. The van der Waals surface area contributed by atoms with Gasteiger partial charge in [0.25, 0.3) is 0 Å². The molecule has 2 rings (SSSR count). The second-order valence-electron chi connectivity index (χ2n) is 4.71. The predicted octanol–water partition coefficient (Wildman–Crippen LogP) is 2.76. The van der Waals surface area contributed by atoms with Crippen molar-refractivity contribution in [2.24, 2.45) is 0 Å². The number of rotatable bonds is 5. The first-order valence-electron chi connectivity index (χ1n) is 6.24. The molecule has 1 saturated carbocycles. The largest absolute Gasteiger partial charge is 0.389 e. The monoisotopic (exact) mass is 248 g/mol. The minimum atomic E-state index is -0.709. The zero-order valence-corrected chi connectivity index (χ0v) is 10.4. The van der Waals surface area contributed by atoms with Crippen LogP contribution in [0.1, 0.15) is 37.9 Å². The van der Waals surface area contributed by atoms with Crippen LogP contribution >= 0.6 is 0 Å². The quantitative estimate of drug-likeness (QED) is 0.871. The fraction of sp³-hybridized carbons (Fsp3) is 0.500. The number of aliphatic hydroxyl groups is 1. The molecule has 1 aromatic rings. The third-order valence-electron chi connectivity index (χ3n) is 3.20. The van der Waals surface area contributed by atoms with E-state index in [4.69, 9.17) is 5.26 Å². The van der Waals surface area contributed by atoms with E-state index in [1.54, 1.807) is 13.0 Å². The van der Waals surface area contributed by atoms with Gasteiger partial charge in [0.1, 0.15) is 5.82 Å². The molecule has 1 aliphatic rings. The molecule has 0 bridgehead atoms. The van der Waals surface area contributed by atoms with Crippen molar-refractivity contribution < 1.29 is 9.50 Å². The van der Waals surface area contributed by atoms with Gasteiger partial charge in [0.05, 0.1) is 18.6 Å². The second-order valence-corrected chi connectivity index (χ2v) is 4.71. The first kappa shape index (κ1) is 12.8. The molecule has 0 aliphatic heterocycles. The molecule has 1 unspecified atom stereocenters. The maximum absolute atomic E-state index is 13.3. The third kappa shape index (κ3) is 2.80. The van der Waals surface area contributed by atoms with Crippen LogP contribution < -0.4 is 4.90 Å². The van der Waals surface area contributed by atoms with Gasteiger partial charge in [-0.15, -0.1) is 0 Å². The Morgan fingerprint density at radius 1 is 1.56 bits per heavy atom. The highest BCUT2D eigenvalue weighted by atomic mass is 19.1. The molecule has 0 spiro atoms. The van der Waals surface area contributed by atoms with Crippen molar-refractivity contribution in [2.45, 2.75) is 38.3 Å². The van der Waals surface area contributed by atoms with Crippen molar-refractivity contribution in [3.05, 3.63) is 29.6 Å². The van der Waals surface area contributed by atoms with Crippen LogP contribution in [-0.2, 0) is 0 Å². The van der Waals surface area contributed by atoms with Crippen LogP contribution in [0.25, 0.3) is 0 Å². The summed E-state index contributed by atoms with van der Waals surface area (Å²) in [6, 6.07) is 7.05. The summed E-state index contributed by atoms with van der Waals surface area (Å²) in [5.41, 5.74) is 1.45. The standard InChI is InChI=1S/C14H17FN2O/c1-10(18)13-9-11(15)3-6-14(13)17(8-2-7-16)12-4-5-12/h3,6,9-10,12,18H,2,4-5,8H2,1H3. The summed E-state index contributed by atoms with van der Waals surface area (Å²) in [6.07, 6.45) is 1.93. The van der Waals surface area contributed by atoms with Crippen LogP contribution in [0.2, 0.25) is 0 Å². The molecular weight excluding hydrogens is 231 g/mol.